The number of phenols is 2. The number of benzene rings is 3. The van der Waals surface area contributed by atoms with Gasteiger partial charge in [0.15, 0.2) is 11.6 Å². The lowest BCUT2D eigenvalue weighted by Gasteiger charge is -2.49. The van der Waals surface area contributed by atoms with Crippen LogP contribution in [0.4, 0.5) is 28.9 Å². The Balaban J connectivity index is 0.950. The van der Waals surface area contributed by atoms with E-state index in [-0.39, 0.29) is 124 Å². The quantitative estimate of drug-likeness (QED) is 0.0972. The van der Waals surface area contributed by atoms with Gasteiger partial charge in [-0.3, -0.25) is 33.3 Å². The Morgan fingerprint density at radius 1 is 0.705 bits per heavy atom. The Hall–Kier alpha value is -9.11. The predicted molar refractivity (Wildman–Crippen MR) is 329 cm³/mol. The number of fused-ring (bicyclic) bond motifs is 10. The molecule has 2 amide bonds. The first-order valence-electron chi connectivity index (χ1n) is 29.2. The van der Waals surface area contributed by atoms with Gasteiger partial charge >= 0.3 is 0 Å². The van der Waals surface area contributed by atoms with Crippen LogP contribution in [0.25, 0.3) is 61.3 Å². The Bertz CT molecular complexity index is 4420. The van der Waals surface area contributed by atoms with E-state index in [2.05, 4.69) is 23.1 Å². The first-order valence-corrected chi connectivity index (χ1v) is 29.5. The summed E-state index contributed by atoms with van der Waals surface area (Å²) in [6.45, 7) is 25.2. The second-order valence-corrected chi connectivity index (χ2v) is 24.6. The average molecular weight is 1220 g/mol. The maximum Gasteiger partial charge on any atom is 0.300 e. The number of phenolic OH excluding ortho intramolecular Hbond substituents is 2. The lowest BCUT2D eigenvalue weighted by Crippen LogP contribution is -2.62. The summed E-state index contributed by atoms with van der Waals surface area (Å²) >= 11 is 7.00. The number of pyridine rings is 4. The van der Waals surface area contributed by atoms with Gasteiger partial charge in [0.1, 0.15) is 47.4 Å². The Labute approximate surface area is 508 Å². The van der Waals surface area contributed by atoms with Crippen molar-refractivity contribution >= 4 is 62.3 Å². The summed E-state index contributed by atoms with van der Waals surface area (Å²) in [5.74, 6) is -7.03. The minimum absolute atomic E-state index is 0.000348. The molecule has 9 heterocycles. The molecule has 5 aromatic heterocycles. The Kier molecular flexibility index (Phi) is 14.8. The molecule has 3 aromatic carbocycles. The van der Waals surface area contributed by atoms with Crippen LogP contribution in [-0.2, 0) is 16.0 Å². The van der Waals surface area contributed by atoms with Gasteiger partial charge in [-0.2, -0.15) is 0 Å². The summed E-state index contributed by atoms with van der Waals surface area (Å²) in [7, 11) is 0. The molecule has 4 aliphatic heterocycles. The molecule has 12 rings (SSSR count). The monoisotopic (exact) mass is 1220 g/mol. The zero-order chi connectivity index (χ0) is 63.0. The van der Waals surface area contributed by atoms with E-state index in [9.17, 15) is 15.0 Å². The van der Waals surface area contributed by atoms with Crippen LogP contribution in [0.15, 0.2) is 89.7 Å². The molecule has 88 heavy (non-hydrogen) atoms. The molecule has 17 nitrogen and oxygen atoms in total. The molecule has 454 valence electrons. The maximum atomic E-state index is 18.1. The Morgan fingerprint density at radius 2 is 1.31 bits per heavy atom. The fourth-order valence-electron chi connectivity index (χ4n) is 13.4. The molecule has 2 fully saturated rings. The van der Waals surface area contributed by atoms with Crippen LogP contribution in [0.5, 0.6) is 17.2 Å². The lowest BCUT2D eigenvalue weighted by atomic mass is 9.96. The highest BCUT2D eigenvalue weighted by Crippen LogP contribution is 2.49. The summed E-state index contributed by atoms with van der Waals surface area (Å²) in [5.41, 5.74) is -0.314. The van der Waals surface area contributed by atoms with Gasteiger partial charge in [0, 0.05) is 66.6 Å². The summed E-state index contributed by atoms with van der Waals surface area (Å²) in [5, 5.41) is 22.1. The van der Waals surface area contributed by atoms with Crippen LogP contribution >= 0.6 is 11.6 Å². The number of halogens is 5. The van der Waals surface area contributed by atoms with Crippen LogP contribution in [0.1, 0.15) is 107 Å². The molecule has 0 saturated carbocycles. The van der Waals surface area contributed by atoms with E-state index >= 15 is 31.9 Å². The molecule has 4 aliphatic rings. The second kappa shape index (κ2) is 21.9. The number of rotatable bonds is 10. The molecule has 4 atom stereocenters. The van der Waals surface area contributed by atoms with Crippen molar-refractivity contribution in [1.29, 1.82) is 0 Å². The molecule has 0 spiro atoms. The van der Waals surface area contributed by atoms with Crippen LogP contribution in [0, 0.1) is 30.2 Å². The van der Waals surface area contributed by atoms with E-state index in [1.54, 1.807) is 22.8 Å². The van der Waals surface area contributed by atoms with Gasteiger partial charge in [-0.25, -0.2) is 32.5 Å². The van der Waals surface area contributed by atoms with E-state index in [0.717, 1.165) is 12.1 Å². The highest BCUT2D eigenvalue weighted by molar-refractivity contribution is 6.34. The number of hydrogen-bond donors (Lipinski definition) is 2. The van der Waals surface area contributed by atoms with Crippen molar-refractivity contribution in [2.75, 3.05) is 42.6 Å². The zero-order valence-corrected chi connectivity index (χ0v) is 50.6. The van der Waals surface area contributed by atoms with Gasteiger partial charge in [-0.1, -0.05) is 78.4 Å². The largest absolute Gasteiger partial charge is 0.507 e. The SMILES string of the molecule is C=CC(=O)N1CC2Cc3c(c4cc(F)c(-c5c(O)cccc5F)nc4n(-c4c(C)cc(C(=C)C(=O)N5CC6COc7c(c8cc(Cl)c(-c9c(O)cccc9F)c(F)c8n(-c8c(C(C)C)ncnc8C(C)C)c7=O)N6CC5C)nc4C(C)C)c3=O)N2CC1C. The van der Waals surface area contributed by atoms with Crippen LogP contribution in [0.3, 0.4) is 0 Å². The maximum absolute atomic E-state index is 18.1. The lowest BCUT2D eigenvalue weighted by molar-refractivity contribution is -0.129. The number of hydrogen-bond acceptors (Lipinski definition) is 13. The predicted octanol–water partition coefficient (Wildman–Crippen LogP) is 11.2. The van der Waals surface area contributed by atoms with E-state index in [0.29, 0.717) is 40.4 Å². The average Bonchev–Trinajstić information content (AvgIpc) is 1.07. The number of aromatic hydroxyl groups is 2. The van der Waals surface area contributed by atoms with Crippen molar-refractivity contribution in [1.82, 2.24) is 38.9 Å². The number of amides is 2. The van der Waals surface area contributed by atoms with Crippen LogP contribution in [-0.4, -0.2) is 118 Å². The van der Waals surface area contributed by atoms with E-state index in [1.165, 1.54) is 57.9 Å². The van der Waals surface area contributed by atoms with Gasteiger partial charge in [0.05, 0.1) is 84.8 Å². The first kappa shape index (κ1) is 59.2. The highest BCUT2D eigenvalue weighted by atomic mass is 35.5. The van der Waals surface area contributed by atoms with Crippen molar-refractivity contribution in [3.63, 3.8) is 0 Å². The summed E-state index contributed by atoms with van der Waals surface area (Å²) in [4.78, 5) is 85.2. The normalized spacial score (nSPS) is 18.1. The third-order valence-electron chi connectivity index (χ3n) is 17.5. The molecule has 0 radical (unpaired) electrons. The topological polar surface area (TPSA) is 192 Å². The Morgan fingerprint density at radius 3 is 1.92 bits per heavy atom. The zero-order valence-electron chi connectivity index (χ0n) is 49.8. The third-order valence-corrected chi connectivity index (χ3v) is 17.8. The van der Waals surface area contributed by atoms with E-state index in [4.69, 9.17) is 26.3 Å². The molecular formula is C66H63ClF4N10O7. The molecule has 8 aromatic rings. The summed E-state index contributed by atoms with van der Waals surface area (Å²) in [6.07, 6.45) is 2.82. The molecule has 22 heteroatoms. The van der Waals surface area contributed by atoms with Crippen molar-refractivity contribution in [3.05, 3.63) is 163 Å². The van der Waals surface area contributed by atoms with Gasteiger partial charge in [0.25, 0.3) is 17.0 Å². The van der Waals surface area contributed by atoms with Gasteiger partial charge in [-0.05, 0) is 92.6 Å². The molecule has 2 saturated heterocycles. The molecular weight excluding hydrogens is 1160 g/mol. The number of piperazine rings is 2. The first-order chi connectivity index (χ1) is 41.8. The molecule has 4 unspecified atom stereocenters. The number of aromatic nitrogens is 6. The standard InChI is InChI=1S/C66H63ClF4N10O7/c1-12-48(84)76-25-36-20-40-58(78(36)23-33(76)9)39-22-44(70)56(51-43(69)16-14-18-47(51)83)75-63(39)81(65(40)86)57-32(8)19-45(74-55(57)31(6)7)35(11)64(85)77-26-37-27-88-62-60(79(37)24-34(77)10)38-21-41(67)49(50-42(68)15-13-17-46(50)82)52(71)59(38)80(66(62)87)61-53(29(2)3)72-28-73-54(61)30(4)5/h12-19,21-22,28-31,33-34,36-37,82-83H,1,11,20,23-27H2,2-10H3. The minimum atomic E-state index is -1.10. The van der Waals surface area contributed by atoms with Crippen LogP contribution in [0.2, 0.25) is 5.02 Å². The van der Waals surface area contributed by atoms with Gasteiger partial charge in [0.2, 0.25) is 11.7 Å². The summed E-state index contributed by atoms with van der Waals surface area (Å²) in [6, 6.07) is 9.40. The number of anilines is 2. The van der Waals surface area contributed by atoms with E-state index < -0.39 is 92.2 Å². The van der Waals surface area contributed by atoms with Crippen molar-refractivity contribution < 1.29 is 42.1 Å². The van der Waals surface area contributed by atoms with Crippen molar-refractivity contribution in [3.8, 4) is 51.0 Å². The number of ether oxygens (including phenoxy) is 1. The molecule has 2 N–H and O–H groups in total. The fourth-order valence-corrected chi connectivity index (χ4v) is 13.7. The number of carbonyl (C=O) groups is 2. The minimum Gasteiger partial charge on any atom is -0.507 e. The number of aryl methyl sites for hydroxylation is 1. The van der Waals surface area contributed by atoms with Gasteiger partial charge in [-0.15, -0.1) is 0 Å². The fraction of sp³-hybridized carbons (Fsp3) is 0.333. The number of carbonyl (C=O) groups excluding carboxylic acids is 2. The molecule has 0 aliphatic carbocycles. The van der Waals surface area contributed by atoms with E-state index in [1.807, 2.05) is 65.2 Å². The smallest absolute Gasteiger partial charge is 0.300 e. The molecule has 0 bridgehead atoms. The summed E-state index contributed by atoms with van der Waals surface area (Å²) < 4.78 is 75.3. The van der Waals surface area contributed by atoms with Crippen LogP contribution < -0.4 is 25.7 Å². The second-order valence-electron chi connectivity index (χ2n) is 24.2. The van der Waals surface area contributed by atoms with Gasteiger partial charge < -0.3 is 34.5 Å². The van der Waals surface area contributed by atoms with Crippen molar-refractivity contribution in [2.45, 2.75) is 111 Å². The third kappa shape index (κ3) is 9.16. The highest BCUT2D eigenvalue weighted by Gasteiger charge is 2.45. The van der Waals surface area contributed by atoms with Crippen molar-refractivity contribution in [2.24, 2.45) is 0 Å². The number of nitrogens with zero attached hydrogens (tertiary/aromatic N) is 10.